The van der Waals surface area contributed by atoms with Gasteiger partial charge in [0.1, 0.15) is 35.4 Å². The average Bonchev–Trinajstić information content (AvgIpc) is 3.77. The molecule has 4 aromatic heterocycles. The number of carbonyl (C=O) groups is 1. The van der Waals surface area contributed by atoms with Crippen LogP contribution in [0.1, 0.15) is 49.8 Å². The zero-order valence-corrected chi connectivity index (χ0v) is 29.3. The molecule has 0 fully saturated rings. The predicted molar refractivity (Wildman–Crippen MR) is 187 cm³/mol. The van der Waals surface area contributed by atoms with E-state index in [1.807, 2.05) is 36.0 Å². The number of benzene rings is 1. The van der Waals surface area contributed by atoms with Crippen LogP contribution in [0, 0.1) is 11.6 Å². The SMILES string of the molecule is C=CC(=O)N1C[C@H](C)n2nc(-c3nc(-c4cnc5c(c4)CN(C)[C@H](C)C5)c4ccsc4c3-c3c(F)cc(F)cc3OCCOC(F)F)cc2[C@H]1C. The molecule has 0 spiro atoms. The highest BCUT2D eigenvalue weighted by Crippen LogP contribution is 2.48. The van der Waals surface area contributed by atoms with E-state index in [-0.39, 0.29) is 35.9 Å². The van der Waals surface area contributed by atoms with Crippen LogP contribution in [0.3, 0.4) is 0 Å². The highest BCUT2D eigenvalue weighted by Gasteiger charge is 2.34. The molecule has 0 N–H and O–H groups in total. The molecule has 2 aliphatic heterocycles. The number of halogens is 4. The number of rotatable bonds is 9. The maximum absolute atomic E-state index is 16.2. The summed E-state index contributed by atoms with van der Waals surface area (Å²) < 4.78 is 68.9. The van der Waals surface area contributed by atoms with Gasteiger partial charge in [0, 0.05) is 70.8 Å². The number of hydrogen-bond donors (Lipinski definition) is 0. The standard InChI is InChI=1S/C37H36F4N6O3S/c1-6-31(48)46-17-20(3)47-29(21(46)4)15-28(44-47)35-33(32-26(39)13-24(38)14-30(32)49-8-9-50-37(40)41)36-25(7-10-51-36)34(43-35)22-12-23-18-45(5)19(2)11-27(23)42-16-22/h6-7,10,12-16,19-21,37H,1,8-9,11,17-18H2,2-5H3/t19-,20+,21-/m1/s1. The molecule has 1 aromatic carbocycles. The third-order valence-corrected chi connectivity index (χ3v) is 10.6. The van der Waals surface area contributed by atoms with Crippen LogP contribution in [0.4, 0.5) is 17.6 Å². The number of alkyl halides is 2. The number of carbonyl (C=O) groups excluding carboxylic acids is 1. The maximum Gasteiger partial charge on any atom is 0.345 e. The summed E-state index contributed by atoms with van der Waals surface area (Å²) in [4.78, 5) is 26.8. The molecule has 6 heterocycles. The first-order valence-corrected chi connectivity index (χ1v) is 17.5. The molecule has 5 aromatic rings. The van der Waals surface area contributed by atoms with E-state index in [0.29, 0.717) is 45.3 Å². The molecule has 0 saturated carbocycles. The van der Waals surface area contributed by atoms with Crippen molar-refractivity contribution < 1.29 is 31.8 Å². The molecular formula is C37H36F4N6O3S. The molecule has 0 aliphatic carbocycles. The Morgan fingerprint density at radius 2 is 1.90 bits per heavy atom. The van der Waals surface area contributed by atoms with Gasteiger partial charge in [0.25, 0.3) is 0 Å². The average molecular weight is 721 g/mol. The monoisotopic (exact) mass is 720 g/mol. The molecular weight excluding hydrogens is 685 g/mol. The van der Waals surface area contributed by atoms with Crippen LogP contribution in [0.5, 0.6) is 5.75 Å². The second-order valence-electron chi connectivity index (χ2n) is 13.0. The van der Waals surface area contributed by atoms with Crippen molar-refractivity contribution in [2.75, 3.05) is 26.8 Å². The second kappa shape index (κ2) is 13.8. The number of ether oxygens (including phenoxy) is 2. The first-order chi connectivity index (χ1) is 24.4. The quantitative estimate of drug-likeness (QED) is 0.0873. The van der Waals surface area contributed by atoms with Gasteiger partial charge in [-0.25, -0.2) is 13.8 Å². The summed E-state index contributed by atoms with van der Waals surface area (Å²) in [6.07, 6.45) is 3.90. The van der Waals surface area contributed by atoms with E-state index in [4.69, 9.17) is 19.8 Å². The van der Waals surface area contributed by atoms with Gasteiger partial charge in [-0.05, 0) is 63.0 Å². The molecule has 266 valence electrons. The Balaban J connectivity index is 1.46. The van der Waals surface area contributed by atoms with E-state index >= 15 is 4.39 Å². The lowest BCUT2D eigenvalue weighted by Crippen LogP contribution is -2.42. The Hall–Kier alpha value is -4.66. The minimum absolute atomic E-state index is 0.0929. The van der Waals surface area contributed by atoms with Gasteiger partial charge in [-0.2, -0.15) is 13.9 Å². The van der Waals surface area contributed by atoms with E-state index in [0.717, 1.165) is 47.6 Å². The zero-order valence-electron chi connectivity index (χ0n) is 28.5. The molecule has 14 heteroatoms. The topological polar surface area (TPSA) is 85.6 Å². The normalized spacial score (nSPS) is 19.0. The molecule has 1 amide bonds. The van der Waals surface area contributed by atoms with Crippen molar-refractivity contribution in [2.45, 2.75) is 58.5 Å². The Bertz CT molecular complexity index is 2150. The van der Waals surface area contributed by atoms with Crippen molar-refractivity contribution in [3.05, 3.63) is 83.1 Å². The van der Waals surface area contributed by atoms with E-state index in [2.05, 4.69) is 36.3 Å². The van der Waals surface area contributed by atoms with Gasteiger partial charge in [0.2, 0.25) is 5.91 Å². The van der Waals surface area contributed by atoms with Crippen molar-refractivity contribution in [3.63, 3.8) is 0 Å². The molecule has 0 saturated heterocycles. The fraction of sp³-hybridized carbons (Fsp3) is 0.351. The molecule has 0 radical (unpaired) electrons. The summed E-state index contributed by atoms with van der Waals surface area (Å²) in [6.45, 7) is 6.86. The number of fused-ring (bicyclic) bond motifs is 3. The van der Waals surface area contributed by atoms with Crippen LogP contribution >= 0.6 is 11.3 Å². The number of thiophene rings is 1. The molecule has 3 atom stereocenters. The number of hydrogen-bond acceptors (Lipinski definition) is 8. The minimum atomic E-state index is -3.03. The Morgan fingerprint density at radius 3 is 2.67 bits per heavy atom. The van der Waals surface area contributed by atoms with Gasteiger partial charge >= 0.3 is 6.61 Å². The van der Waals surface area contributed by atoms with E-state index in [1.54, 1.807) is 11.1 Å². The number of pyridine rings is 2. The van der Waals surface area contributed by atoms with Crippen LogP contribution < -0.4 is 4.74 Å². The van der Waals surface area contributed by atoms with Crippen LogP contribution in [0.25, 0.3) is 43.9 Å². The first kappa shape index (κ1) is 34.8. The van der Waals surface area contributed by atoms with Crippen molar-refractivity contribution in [1.82, 2.24) is 29.5 Å². The first-order valence-electron chi connectivity index (χ1n) is 16.6. The summed E-state index contributed by atoms with van der Waals surface area (Å²) in [5.74, 6) is -2.24. The smallest absolute Gasteiger partial charge is 0.345 e. The van der Waals surface area contributed by atoms with Crippen molar-refractivity contribution in [3.8, 4) is 39.5 Å². The fourth-order valence-corrected chi connectivity index (χ4v) is 7.92. The highest BCUT2D eigenvalue weighted by atomic mass is 32.1. The fourth-order valence-electron chi connectivity index (χ4n) is 6.97. The van der Waals surface area contributed by atoms with Gasteiger partial charge in [0.15, 0.2) is 0 Å². The second-order valence-corrected chi connectivity index (χ2v) is 13.9. The third kappa shape index (κ3) is 6.40. The van der Waals surface area contributed by atoms with Crippen LogP contribution in [-0.4, -0.2) is 74.9 Å². The van der Waals surface area contributed by atoms with Crippen molar-refractivity contribution >= 4 is 27.3 Å². The minimum Gasteiger partial charge on any atom is -0.490 e. The van der Waals surface area contributed by atoms with Crippen LogP contribution in [0.15, 0.2) is 54.6 Å². The number of likely N-dealkylation sites (N-methyl/N-ethyl adjacent to an activating group) is 1. The number of amides is 1. The third-order valence-electron chi connectivity index (χ3n) is 9.69. The van der Waals surface area contributed by atoms with Gasteiger partial charge in [-0.3, -0.25) is 19.4 Å². The summed E-state index contributed by atoms with van der Waals surface area (Å²) in [7, 11) is 2.07. The summed E-state index contributed by atoms with van der Waals surface area (Å²) in [6, 6.07) is 7.36. The molecule has 7 rings (SSSR count). The van der Waals surface area contributed by atoms with Crippen LogP contribution in [0.2, 0.25) is 0 Å². The van der Waals surface area contributed by atoms with E-state index in [1.165, 1.54) is 17.4 Å². The van der Waals surface area contributed by atoms with Crippen molar-refractivity contribution in [2.24, 2.45) is 0 Å². The molecule has 51 heavy (non-hydrogen) atoms. The largest absolute Gasteiger partial charge is 0.490 e. The summed E-state index contributed by atoms with van der Waals surface area (Å²) in [5.41, 5.74) is 5.13. The lowest BCUT2D eigenvalue weighted by molar-refractivity contribution is -0.133. The van der Waals surface area contributed by atoms with Gasteiger partial charge in [0.05, 0.1) is 35.6 Å². The lowest BCUT2D eigenvalue weighted by atomic mass is 9.95. The molecule has 0 bridgehead atoms. The lowest BCUT2D eigenvalue weighted by Gasteiger charge is -2.36. The predicted octanol–water partition coefficient (Wildman–Crippen LogP) is 7.81. The Labute approximate surface area is 296 Å². The maximum atomic E-state index is 16.2. The Kier molecular flexibility index (Phi) is 9.42. The van der Waals surface area contributed by atoms with E-state index < -0.39 is 24.9 Å². The number of nitrogens with zero attached hydrogens (tertiary/aromatic N) is 6. The summed E-state index contributed by atoms with van der Waals surface area (Å²) >= 11 is 1.35. The molecule has 9 nitrogen and oxygen atoms in total. The zero-order chi connectivity index (χ0) is 36.1. The number of aromatic nitrogens is 4. The van der Waals surface area contributed by atoms with Crippen molar-refractivity contribution in [1.29, 1.82) is 0 Å². The Morgan fingerprint density at radius 1 is 1.10 bits per heavy atom. The summed E-state index contributed by atoms with van der Waals surface area (Å²) in [5, 5.41) is 7.55. The highest BCUT2D eigenvalue weighted by molar-refractivity contribution is 7.18. The molecule has 2 aliphatic rings. The van der Waals surface area contributed by atoms with Gasteiger partial charge < -0.3 is 14.4 Å². The van der Waals surface area contributed by atoms with E-state index in [9.17, 15) is 18.0 Å². The molecule has 0 unspecified atom stereocenters. The van der Waals surface area contributed by atoms with Crippen LogP contribution in [-0.2, 0) is 22.5 Å². The van der Waals surface area contributed by atoms with Gasteiger partial charge in [-0.15, -0.1) is 11.3 Å². The van der Waals surface area contributed by atoms with Gasteiger partial charge in [-0.1, -0.05) is 6.58 Å².